The van der Waals surface area contributed by atoms with Crippen LogP contribution in [-0.2, 0) is 32.7 Å². The molecule has 1 fully saturated rings. The smallest absolute Gasteiger partial charge is 0.132 e. The van der Waals surface area contributed by atoms with E-state index in [1.165, 1.54) is 0 Å². The van der Waals surface area contributed by atoms with Crippen LogP contribution in [0.4, 0.5) is 5.82 Å². The minimum atomic E-state index is 0. The number of rotatable bonds is 5. The van der Waals surface area contributed by atoms with Gasteiger partial charge in [0.05, 0.1) is 6.61 Å². The fourth-order valence-electron chi connectivity index (χ4n) is 2.35. The molecule has 2 heterocycles. The first kappa shape index (κ1) is 17.9. The van der Waals surface area contributed by atoms with Crippen LogP contribution >= 0.6 is 0 Å². The minimum Gasteiger partial charge on any atom is -0.493 e. The molecule has 1 aliphatic rings. The van der Waals surface area contributed by atoms with E-state index in [1.807, 2.05) is 12.3 Å². The number of piperazine rings is 1. The molecule has 1 saturated heterocycles. The zero-order chi connectivity index (χ0) is 13.7. The van der Waals surface area contributed by atoms with Gasteiger partial charge in [0.2, 0.25) is 0 Å². The molecule has 0 spiro atoms. The van der Waals surface area contributed by atoms with E-state index in [-0.39, 0.29) is 32.7 Å². The molecule has 0 N–H and O–H groups in total. The van der Waals surface area contributed by atoms with Crippen molar-refractivity contribution in [3.8, 4) is 5.75 Å². The summed E-state index contributed by atoms with van der Waals surface area (Å²) in [5, 5.41) is 0. The summed E-state index contributed by atoms with van der Waals surface area (Å²) in [5.41, 5.74) is 0. The van der Waals surface area contributed by atoms with Crippen LogP contribution in [0.1, 0.15) is 27.2 Å². The average Bonchev–Trinajstić information content (AvgIpc) is 2.45. The van der Waals surface area contributed by atoms with E-state index in [0.29, 0.717) is 6.04 Å². The van der Waals surface area contributed by atoms with Crippen molar-refractivity contribution in [3.63, 3.8) is 0 Å². The van der Waals surface area contributed by atoms with Crippen molar-refractivity contribution in [1.82, 2.24) is 9.88 Å². The summed E-state index contributed by atoms with van der Waals surface area (Å²) in [4.78, 5) is 9.32. The van der Waals surface area contributed by atoms with Gasteiger partial charge in [-0.25, -0.2) is 4.98 Å². The Kier molecular flexibility index (Phi) is 8.00. The summed E-state index contributed by atoms with van der Waals surface area (Å²) < 4.78 is 5.67. The molecular formula is C15H25N3OY. The zero-order valence-electron chi connectivity index (χ0n) is 12.9. The Bertz CT molecular complexity index is 392. The molecule has 20 heavy (non-hydrogen) atoms. The van der Waals surface area contributed by atoms with Gasteiger partial charge in [-0.1, -0.05) is 6.92 Å². The van der Waals surface area contributed by atoms with Gasteiger partial charge in [-0.3, -0.25) is 4.90 Å². The van der Waals surface area contributed by atoms with Crippen LogP contribution in [0.15, 0.2) is 18.3 Å². The molecule has 0 unspecified atom stereocenters. The third-order valence-electron chi connectivity index (χ3n) is 3.56. The maximum atomic E-state index is 5.67. The Morgan fingerprint density at radius 1 is 1.25 bits per heavy atom. The number of nitrogens with zero attached hydrogens (tertiary/aromatic N) is 3. The normalized spacial score (nSPS) is 16.1. The third-order valence-corrected chi connectivity index (χ3v) is 3.56. The summed E-state index contributed by atoms with van der Waals surface area (Å²) in [6, 6.07) is 4.62. The molecule has 0 aliphatic carbocycles. The molecule has 1 aromatic rings. The topological polar surface area (TPSA) is 28.6 Å². The van der Waals surface area contributed by atoms with Gasteiger partial charge >= 0.3 is 0 Å². The summed E-state index contributed by atoms with van der Waals surface area (Å²) in [6.07, 6.45) is 2.87. The number of pyridine rings is 1. The second-order valence-electron chi connectivity index (χ2n) is 5.31. The van der Waals surface area contributed by atoms with Crippen LogP contribution < -0.4 is 9.64 Å². The van der Waals surface area contributed by atoms with Crippen LogP contribution in [-0.4, -0.2) is 48.7 Å². The van der Waals surface area contributed by atoms with Crippen LogP contribution in [0.2, 0.25) is 0 Å². The first-order valence-electron chi connectivity index (χ1n) is 7.28. The fraction of sp³-hybridized carbons (Fsp3) is 0.667. The molecule has 4 nitrogen and oxygen atoms in total. The van der Waals surface area contributed by atoms with Gasteiger partial charge in [-0.15, -0.1) is 0 Å². The van der Waals surface area contributed by atoms with Gasteiger partial charge in [-0.05, 0) is 26.3 Å². The maximum Gasteiger partial charge on any atom is 0.132 e. The predicted octanol–water partition coefficient (Wildman–Crippen LogP) is 2.40. The standard InChI is InChI=1S/C15H25N3O.Y/c1-4-11-19-14-5-6-16-15(12-14)18-9-7-17(8-10-18)13(2)3;/h5-6,12-13H,4,7-11H2,1-3H3;. The van der Waals surface area contributed by atoms with Gasteiger partial charge in [0, 0.05) is 77.2 Å². The van der Waals surface area contributed by atoms with E-state index in [4.69, 9.17) is 4.74 Å². The molecule has 109 valence electrons. The Balaban J connectivity index is 0.00000200. The van der Waals surface area contributed by atoms with Crippen molar-refractivity contribution in [2.75, 3.05) is 37.7 Å². The van der Waals surface area contributed by atoms with Gasteiger partial charge in [0.25, 0.3) is 0 Å². The van der Waals surface area contributed by atoms with E-state index < -0.39 is 0 Å². The van der Waals surface area contributed by atoms with Crippen molar-refractivity contribution >= 4 is 5.82 Å². The quantitative estimate of drug-likeness (QED) is 0.814. The van der Waals surface area contributed by atoms with Crippen molar-refractivity contribution < 1.29 is 37.4 Å². The number of aromatic nitrogens is 1. The molecule has 0 bridgehead atoms. The number of hydrogen-bond acceptors (Lipinski definition) is 4. The van der Waals surface area contributed by atoms with E-state index in [1.54, 1.807) is 0 Å². The van der Waals surface area contributed by atoms with E-state index in [0.717, 1.165) is 50.8 Å². The summed E-state index contributed by atoms with van der Waals surface area (Å²) in [5.74, 6) is 1.97. The van der Waals surface area contributed by atoms with Crippen molar-refractivity contribution in [3.05, 3.63) is 18.3 Å². The SMILES string of the molecule is CCCOc1ccnc(N2CCN(C(C)C)CC2)c1.[Y]. The van der Waals surface area contributed by atoms with Crippen LogP contribution in [0.25, 0.3) is 0 Å². The monoisotopic (exact) mass is 352 g/mol. The van der Waals surface area contributed by atoms with E-state index >= 15 is 0 Å². The number of anilines is 1. The summed E-state index contributed by atoms with van der Waals surface area (Å²) in [6.45, 7) is 11.7. The van der Waals surface area contributed by atoms with Gasteiger partial charge in [0.15, 0.2) is 0 Å². The summed E-state index contributed by atoms with van der Waals surface area (Å²) >= 11 is 0. The van der Waals surface area contributed by atoms with Gasteiger partial charge < -0.3 is 9.64 Å². The molecule has 1 aliphatic heterocycles. The van der Waals surface area contributed by atoms with Crippen molar-refractivity contribution in [2.24, 2.45) is 0 Å². The molecule has 0 amide bonds. The molecule has 1 aromatic heterocycles. The zero-order valence-corrected chi connectivity index (χ0v) is 15.7. The number of hydrogen-bond donors (Lipinski definition) is 0. The first-order chi connectivity index (χ1) is 9.20. The molecule has 0 atom stereocenters. The minimum absolute atomic E-state index is 0. The van der Waals surface area contributed by atoms with Crippen LogP contribution in [0.5, 0.6) is 5.75 Å². The van der Waals surface area contributed by atoms with Crippen molar-refractivity contribution in [2.45, 2.75) is 33.2 Å². The Labute approximate surface area is 147 Å². The molecular weight excluding hydrogens is 327 g/mol. The second-order valence-corrected chi connectivity index (χ2v) is 5.31. The van der Waals surface area contributed by atoms with Crippen LogP contribution in [0.3, 0.4) is 0 Å². The Morgan fingerprint density at radius 2 is 1.95 bits per heavy atom. The molecule has 5 heteroatoms. The molecule has 2 rings (SSSR count). The van der Waals surface area contributed by atoms with E-state index in [9.17, 15) is 0 Å². The molecule has 0 saturated carbocycles. The second kappa shape index (κ2) is 8.96. The predicted molar refractivity (Wildman–Crippen MR) is 78.9 cm³/mol. The van der Waals surface area contributed by atoms with E-state index in [2.05, 4.69) is 41.6 Å². The first-order valence-corrected chi connectivity index (χ1v) is 7.28. The molecule has 0 aromatic carbocycles. The maximum absolute atomic E-state index is 5.67. The fourth-order valence-corrected chi connectivity index (χ4v) is 2.35. The average molecular weight is 352 g/mol. The Morgan fingerprint density at radius 3 is 2.55 bits per heavy atom. The largest absolute Gasteiger partial charge is 0.493 e. The van der Waals surface area contributed by atoms with Crippen LogP contribution in [0, 0.1) is 0 Å². The van der Waals surface area contributed by atoms with Gasteiger partial charge in [0.1, 0.15) is 11.6 Å². The summed E-state index contributed by atoms with van der Waals surface area (Å²) in [7, 11) is 0. The van der Waals surface area contributed by atoms with Crippen molar-refractivity contribution in [1.29, 1.82) is 0 Å². The van der Waals surface area contributed by atoms with Gasteiger partial charge in [-0.2, -0.15) is 0 Å². The Hall–Kier alpha value is -0.186. The number of ether oxygens (including phenoxy) is 1. The third kappa shape index (κ3) is 4.98. The molecule has 1 radical (unpaired) electrons.